The standard InChI is InChI=1S/C16H16Cl2N2O4S/c1-20(9-11-7-12(17)4-6-14(11)24-2)16(21)10-3-5-13(18)15(8-10)25(19,22)23/h3-8H,9H2,1-2H3,(H2,19,22,23). The predicted octanol–water partition coefficient (Wildman–Crippen LogP) is 2.92. The van der Waals surface area contributed by atoms with E-state index >= 15 is 0 Å². The normalized spacial score (nSPS) is 11.2. The van der Waals surface area contributed by atoms with E-state index < -0.39 is 15.9 Å². The largest absolute Gasteiger partial charge is 0.496 e. The molecule has 0 saturated carbocycles. The summed E-state index contributed by atoms with van der Waals surface area (Å²) in [6.07, 6.45) is 0. The molecule has 0 spiro atoms. The highest BCUT2D eigenvalue weighted by atomic mass is 35.5. The van der Waals surface area contributed by atoms with E-state index in [-0.39, 0.29) is 22.0 Å². The van der Waals surface area contributed by atoms with Crippen LogP contribution in [-0.2, 0) is 16.6 Å². The first-order valence-corrected chi connectivity index (χ1v) is 9.34. The molecule has 25 heavy (non-hydrogen) atoms. The van der Waals surface area contributed by atoms with Crippen LogP contribution in [0.5, 0.6) is 5.75 Å². The van der Waals surface area contributed by atoms with Gasteiger partial charge in [0.05, 0.1) is 12.1 Å². The summed E-state index contributed by atoms with van der Waals surface area (Å²) in [7, 11) is -0.933. The van der Waals surface area contributed by atoms with Crippen LogP contribution in [0.2, 0.25) is 10.0 Å². The molecule has 2 aromatic carbocycles. The third-order valence-corrected chi connectivity index (χ3v) is 5.11. The van der Waals surface area contributed by atoms with E-state index in [1.54, 1.807) is 25.2 Å². The van der Waals surface area contributed by atoms with Crippen LogP contribution in [-0.4, -0.2) is 33.4 Å². The van der Waals surface area contributed by atoms with Crippen molar-refractivity contribution in [2.24, 2.45) is 5.14 Å². The average molecular weight is 403 g/mol. The van der Waals surface area contributed by atoms with Gasteiger partial charge in [0.25, 0.3) is 5.91 Å². The molecule has 1 amide bonds. The van der Waals surface area contributed by atoms with Gasteiger partial charge in [-0.05, 0) is 36.4 Å². The third-order valence-electron chi connectivity index (χ3n) is 3.48. The average Bonchev–Trinajstić information content (AvgIpc) is 2.53. The molecule has 0 unspecified atom stereocenters. The maximum absolute atomic E-state index is 12.6. The summed E-state index contributed by atoms with van der Waals surface area (Å²) in [6, 6.07) is 9.00. The SMILES string of the molecule is COc1ccc(Cl)cc1CN(C)C(=O)c1ccc(Cl)c(S(N)(=O)=O)c1. The number of benzene rings is 2. The van der Waals surface area contributed by atoms with E-state index in [1.165, 1.54) is 24.1 Å². The number of sulfonamides is 1. The number of primary sulfonamides is 1. The fraction of sp³-hybridized carbons (Fsp3) is 0.188. The van der Waals surface area contributed by atoms with Crippen LogP contribution in [0.15, 0.2) is 41.3 Å². The second-order valence-electron chi connectivity index (χ2n) is 5.31. The van der Waals surface area contributed by atoms with Gasteiger partial charge in [-0.3, -0.25) is 4.79 Å². The Morgan fingerprint density at radius 2 is 1.88 bits per heavy atom. The Balaban J connectivity index is 2.31. The molecular formula is C16H16Cl2N2O4S. The smallest absolute Gasteiger partial charge is 0.253 e. The number of carbonyl (C=O) groups is 1. The number of nitrogens with zero attached hydrogens (tertiary/aromatic N) is 1. The summed E-state index contributed by atoms with van der Waals surface area (Å²) in [4.78, 5) is 13.7. The molecule has 0 fully saturated rings. The molecule has 0 aliphatic heterocycles. The zero-order chi connectivity index (χ0) is 18.8. The Hall–Kier alpha value is -1.80. The van der Waals surface area contributed by atoms with Gasteiger partial charge in [-0.1, -0.05) is 23.2 Å². The summed E-state index contributed by atoms with van der Waals surface area (Å²) in [5, 5.41) is 5.58. The Morgan fingerprint density at radius 1 is 1.20 bits per heavy atom. The number of halogens is 2. The minimum Gasteiger partial charge on any atom is -0.496 e. The monoisotopic (exact) mass is 402 g/mol. The van der Waals surface area contributed by atoms with Crippen molar-refractivity contribution < 1.29 is 17.9 Å². The van der Waals surface area contributed by atoms with Crippen LogP contribution in [0, 0.1) is 0 Å². The van der Waals surface area contributed by atoms with Crippen LogP contribution < -0.4 is 9.88 Å². The number of ether oxygens (including phenoxy) is 1. The van der Waals surface area contributed by atoms with E-state index in [1.807, 2.05) is 0 Å². The molecule has 0 saturated heterocycles. The van der Waals surface area contributed by atoms with E-state index in [2.05, 4.69) is 0 Å². The fourth-order valence-corrected chi connectivity index (χ4v) is 3.54. The number of amides is 1. The molecule has 0 aliphatic rings. The maximum atomic E-state index is 12.6. The van der Waals surface area contributed by atoms with Gasteiger partial charge in [0.1, 0.15) is 10.6 Å². The molecule has 0 bridgehead atoms. The van der Waals surface area contributed by atoms with E-state index in [0.717, 1.165) is 6.07 Å². The van der Waals surface area contributed by atoms with E-state index in [0.29, 0.717) is 16.3 Å². The Kier molecular flexibility index (Phi) is 5.95. The number of rotatable bonds is 5. The summed E-state index contributed by atoms with van der Waals surface area (Å²) < 4.78 is 28.4. The van der Waals surface area contributed by atoms with Crippen molar-refractivity contribution >= 4 is 39.1 Å². The number of hydrogen-bond donors (Lipinski definition) is 1. The molecule has 134 valence electrons. The summed E-state index contributed by atoms with van der Waals surface area (Å²) in [5.41, 5.74) is 0.864. The lowest BCUT2D eigenvalue weighted by atomic mass is 10.1. The van der Waals surface area contributed by atoms with Crippen LogP contribution in [0.25, 0.3) is 0 Å². The fourth-order valence-electron chi connectivity index (χ4n) is 2.27. The van der Waals surface area contributed by atoms with Crippen LogP contribution >= 0.6 is 23.2 Å². The highest BCUT2D eigenvalue weighted by Gasteiger charge is 2.19. The Labute approximate surface area is 156 Å². The van der Waals surface area contributed by atoms with Gasteiger partial charge < -0.3 is 9.64 Å². The van der Waals surface area contributed by atoms with Crippen molar-refractivity contribution in [3.63, 3.8) is 0 Å². The molecule has 0 heterocycles. The van der Waals surface area contributed by atoms with Crippen LogP contribution in [0.3, 0.4) is 0 Å². The molecular weight excluding hydrogens is 387 g/mol. The molecule has 6 nitrogen and oxygen atoms in total. The lowest BCUT2D eigenvalue weighted by Gasteiger charge is -2.19. The molecule has 0 aliphatic carbocycles. The highest BCUT2D eigenvalue weighted by molar-refractivity contribution is 7.89. The Morgan fingerprint density at radius 3 is 2.48 bits per heavy atom. The maximum Gasteiger partial charge on any atom is 0.253 e. The number of hydrogen-bond acceptors (Lipinski definition) is 4. The van der Waals surface area contributed by atoms with Gasteiger partial charge in [-0.15, -0.1) is 0 Å². The van der Waals surface area contributed by atoms with Gasteiger partial charge in [-0.25, -0.2) is 13.6 Å². The van der Waals surface area contributed by atoms with E-state index in [4.69, 9.17) is 33.1 Å². The van der Waals surface area contributed by atoms with Crippen molar-refractivity contribution in [2.45, 2.75) is 11.4 Å². The van der Waals surface area contributed by atoms with Crippen molar-refractivity contribution in [3.05, 3.63) is 57.6 Å². The van der Waals surface area contributed by atoms with Crippen molar-refractivity contribution in [1.82, 2.24) is 4.90 Å². The van der Waals surface area contributed by atoms with Crippen molar-refractivity contribution in [3.8, 4) is 5.75 Å². The minimum absolute atomic E-state index is 0.0433. The van der Waals surface area contributed by atoms with Gasteiger partial charge in [0.2, 0.25) is 10.0 Å². The molecule has 0 radical (unpaired) electrons. The zero-order valence-electron chi connectivity index (χ0n) is 13.5. The molecule has 0 aromatic heterocycles. The lowest BCUT2D eigenvalue weighted by Crippen LogP contribution is -2.27. The molecule has 2 rings (SSSR count). The lowest BCUT2D eigenvalue weighted by molar-refractivity contribution is 0.0784. The zero-order valence-corrected chi connectivity index (χ0v) is 15.8. The summed E-state index contributed by atoms with van der Waals surface area (Å²) in [6.45, 7) is 0.218. The van der Waals surface area contributed by atoms with Crippen molar-refractivity contribution in [2.75, 3.05) is 14.2 Å². The van der Waals surface area contributed by atoms with Gasteiger partial charge in [0.15, 0.2) is 0 Å². The molecule has 2 aromatic rings. The topological polar surface area (TPSA) is 89.7 Å². The molecule has 0 atom stereocenters. The summed E-state index contributed by atoms with van der Waals surface area (Å²) >= 11 is 11.8. The predicted molar refractivity (Wildman–Crippen MR) is 96.6 cm³/mol. The van der Waals surface area contributed by atoms with Crippen LogP contribution in [0.1, 0.15) is 15.9 Å². The first-order chi connectivity index (χ1) is 11.6. The molecule has 2 N–H and O–H groups in total. The van der Waals surface area contributed by atoms with Gasteiger partial charge in [-0.2, -0.15) is 0 Å². The first-order valence-electron chi connectivity index (χ1n) is 7.03. The second kappa shape index (κ2) is 7.61. The van der Waals surface area contributed by atoms with E-state index in [9.17, 15) is 13.2 Å². The highest BCUT2D eigenvalue weighted by Crippen LogP contribution is 2.25. The minimum atomic E-state index is -4.03. The quantitative estimate of drug-likeness (QED) is 0.831. The van der Waals surface area contributed by atoms with Crippen molar-refractivity contribution in [1.29, 1.82) is 0 Å². The molecule has 9 heteroatoms. The van der Waals surface area contributed by atoms with Gasteiger partial charge >= 0.3 is 0 Å². The summed E-state index contributed by atoms with van der Waals surface area (Å²) in [5.74, 6) is 0.189. The van der Waals surface area contributed by atoms with Crippen LogP contribution in [0.4, 0.5) is 0 Å². The number of methoxy groups -OCH3 is 1. The number of nitrogens with two attached hydrogens (primary N) is 1. The number of carbonyl (C=O) groups excluding carboxylic acids is 1. The Bertz CT molecular complexity index is 916. The first kappa shape index (κ1) is 19.5. The third kappa shape index (κ3) is 4.64. The van der Waals surface area contributed by atoms with Gasteiger partial charge in [0, 0.05) is 29.7 Å². The second-order valence-corrected chi connectivity index (χ2v) is 7.68.